The first kappa shape index (κ1) is 20.9. The van der Waals surface area contributed by atoms with Crippen LogP contribution < -0.4 is 14.8 Å². The second kappa shape index (κ2) is 8.76. The van der Waals surface area contributed by atoms with Gasteiger partial charge in [0.25, 0.3) is 0 Å². The number of carbonyl (C=O) groups excluding carboxylic acids is 1. The van der Waals surface area contributed by atoms with Crippen molar-refractivity contribution in [2.45, 2.75) is 24.7 Å². The zero-order valence-electron chi connectivity index (χ0n) is 16.8. The van der Waals surface area contributed by atoms with Crippen molar-refractivity contribution in [2.75, 3.05) is 24.3 Å². The number of ether oxygens (including phenoxy) is 2. The van der Waals surface area contributed by atoms with E-state index in [2.05, 4.69) is 15.5 Å². The van der Waals surface area contributed by atoms with Crippen molar-refractivity contribution >= 4 is 21.8 Å². The zero-order valence-corrected chi connectivity index (χ0v) is 17.6. The molecular weight excluding hydrogens is 422 g/mol. The molecule has 2 aromatic carbocycles. The van der Waals surface area contributed by atoms with Gasteiger partial charge in [0.15, 0.2) is 21.3 Å². The van der Waals surface area contributed by atoms with Crippen LogP contribution in [0.4, 0.5) is 6.01 Å². The molecule has 0 aliphatic carbocycles. The number of aryl methyl sites for hydroxylation is 1. The first-order valence-corrected chi connectivity index (χ1v) is 11.4. The molecule has 0 unspecified atom stereocenters. The third kappa shape index (κ3) is 5.02. The van der Waals surface area contributed by atoms with E-state index in [4.69, 9.17) is 13.9 Å². The summed E-state index contributed by atoms with van der Waals surface area (Å²) in [6.07, 6.45) is 0.179. The van der Waals surface area contributed by atoms with E-state index in [0.29, 0.717) is 30.3 Å². The number of nitrogens with zero attached hydrogens (tertiary/aromatic N) is 2. The number of anilines is 1. The predicted molar refractivity (Wildman–Crippen MR) is 112 cm³/mol. The SMILES string of the molecule is Cc1ccc(S(=O)(=O)CCCC(=O)Nc2nnc(-c3ccc4c(c3)OCCO4)o2)cc1. The maximum Gasteiger partial charge on any atom is 0.322 e. The van der Waals surface area contributed by atoms with Crippen molar-refractivity contribution in [3.63, 3.8) is 0 Å². The number of nitrogens with one attached hydrogen (secondary N) is 1. The number of hydrogen-bond acceptors (Lipinski definition) is 8. The lowest BCUT2D eigenvalue weighted by Crippen LogP contribution is -2.15. The minimum absolute atomic E-state index is 0.00677. The molecule has 0 fully saturated rings. The Balaban J connectivity index is 1.31. The van der Waals surface area contributed by atoms with Crippen LogP contribution in [-0.2, 0) is 14.6 Å². The quantitative estimate of drug-likeness (QED) is 0.592. The molecule has 162 valence electrons. The largest absolute Gasteiger partial charge is 0.486 e. The van der Waals surface area contributed by atoms with Crippen LogP contribution in [0.1, 0.15) is 18.4 Å². The Morgan fingerprint density at radius 2 is 1.77 bits per heavy atom. The summed E-state index contributed by atoms with van der Waals surface area (Å²) in [6, 6.07) is 11.8. The topological polar surface area (TPSA) is 121 Å². The predicted octanol–water partition coefficient (Wildman–Crippen LogP) is 3.01. The lowest BCUT2D eigenvalue weighted by atomic mass is 10.2. The summed E-state index contributed by atoms with van der Waals surface area (Å²) in [6.45, 7) is 2.84. The van der Waals surface area contributed by atoms with Gasteiger partial charge in [-0.15, -0.1) is 5.10 Å². The molecule has 1 amide bonds. The van der Waals surface area contributed by atoms with E-state index >= 15 is 0 Å². The normalized spacial score (nSPS) is 13.1. The van der Waals surface area contributed by atoms with Crippen molar-refractivity contribution in [3.8, 4) is 23.0 Å². The molecular formula is C21H21N3O6S. The molecule has 0 atom stereocenters. The summed E-state index contributed by atoms with van der Waals surface area (Å²) in [4.78, 5) is 12.4. The van der Waals surface area contributed by atoms with Gasteiger partial charge in [0.05, 0.1) is 10.6 Å². The standard InChI is InChI=1S/C21H21N3O6S/c1-14-4-7-16(8-5-14)31(26,27)12-2-3-19(25)22-21-24-23-20(30-21)15-6-9-17-18(13-15)29-11-10-28-17/h4-9,13H,2-3,10-12H2,1H3,(H,22,24,25). The summed E-state index contributed by atoms with van der Waals surface area (Å²) < 4.78 is 41.2. The molecule has 4 rings (SSSR count). The molecule has 10 heteroatoms. The smallest absolute Gasteiger partial charge is 0.322 e. The van der Waals surface area contributed by atoms with Crippen LogP contribution >= 0.6 is 0 Å². The van der Waals surface area contributed by atoms with Gasteiger partial charge in [-0.05, 0) is 43.7 Å². The fraction of sp³-hybridized carbons (Fsp3) is 0.286. The Labute approximate surface area is 179 Å². The number of hydrogen-bond donors (Lipinski definition) is 1. The number of benzene rings is 2. The van der Waals surface area contributed by atoms with Gasteiger partial charge in [-0.1, -0.05) is 22.8 Å². The Kier molecular flexibility index (Phi) is 5.90. The van der Waals surface area contributed by atoms with Gasteiger partial charge >= 0.3 is 6.01 Å². The van der Waals surface area contributed by atoms with Gasteiger partial charge in [-0.25, -0.2) is 8.42 Å². The first-order valence-electron chi connectivity index (χ1n) is 9.73. The summed E-state index contributed by atoms with van der Waals surface area (Å²) in [5.41, 5.74) is 1.61. The molecule has 1 aliphatic rings. The number of fused-ring (bicyclic) bond motifs is 1. The van der Waals surface area contributed by atoms with Gasteiger partial charge in [0.2, 0.25) is 11.8 Å². The summed E-state index contributed by atoms with van der Waals surface area (Å²) in [5.74, 6) is 0.909. The molecule has 0 saturated heterocycles. The second-order valence-electron chi connectivity index (χ2n) is 7.05. The van der Waals surface area contributed by atoms with Crippen LogP contribution in [0.2, 0.25) is 0 Å². The molecule has 31 heavy (non-hydrogen) atoms. The number of rotatable bonds is 7. The molecule has 3 aromatic rings. The highest BCUT2D eigenvalue weighted by molar-refractivity contribution is 7.91. The van der Waals surface area contributed by atoms with Crippen LogP contribution in [0.15, 0.2) is 51.8 Å². The minimum atomic E-state index is -3.44. The van der Waals surface area contributed by atoms with E-state index in [-0.39, 0.29) is 35.4 Å². The van der Waals surface area contributed by atoms with Crippen LogP contribution in [-0.4, -0.2) is 43.5 Å². The van der Waals surface area contributed by atoms with E-state index in [1.807, 2.05) is 6.92 Å². The van der Waals surface area contributed by atoms with Crippen LogP contribution in [0.5, 0.6) is 11.5 Å². The van der Waals surface area contributed by atoms with Crippen molar-refractivity contribution in [1.82, 2.24) is 10.2 Å². The fourth-order valence-corrected chi connectivity index (χ4v) is 4.35. The lowest BCUT2D eigenvalue weighted by Gasteiger charge is -2.18. The van der Waals surface area contributed by atoms with Gasteiger partial charge in [-0.2, -0.15) is 0 Å². The van der Waals surface area contributed by atoms with Crippen molar-refractivity contribution in [1.29, 1.82) is 0 Å². The number of carbonyl (C=O) groups is 1. The molecule has 1 aliphatic heterocycles. The van der Waals surface area contributed by atoms with Crippen molar-refractivity contribution in [3.05, 3.63) is 48.0 Å². The van der Waals surface area contributed by atoms with Crippen LogP contribution in [0, 0.1) is 6.92 Å². The highest BCUT2D eigenvalue weighted by Gasteiger charge is 2.18. The molecule has 2 heterocycles. The van der Waals surface area contributed by atoms with Crippen molar-refractivity contribution < 1.29 is 27.1 Å². The summed E-state index contributed by atoms with van der Waals surface area (Å²) >= 11 is 0. The number of aromatic nitrogens is 2. The Morgan fingerprint density at radius 1 is 1.03 bits per heavy atom. The van der Waals surface area contributed by atoms with E-state index in [0.717, 1.165) is 5.56 Å². The summed E-state index contributed by atoms with van der Waals surface area (Å²) in [7, 11) is -3.44. The Hall–Kier alpha value is -3.40. The molecule has 0 saturated carbocycles. The van der Waals surface area contributed by atoms with E-state index in [9.17, 15) is 13.2 Å². The second-order valence-corrected chi connectivity index (χ2v) is 9.16. The van der Waals surface area contributed by atoms with Crippen LogP contribution in [0.25, 0.3) is 11.5 Å². The Morgan fingerprint density at radius 3 is 2.55 bits per heavy atom. The average Bonchev–Trinajstić information content (AvgIpc) is 3.22. The van der Waals surface area contributed by atoms with E-state index in [1.54, 1.807) is 42.5 Å². The van der Waals surface area contributed by atoms with E-state index < -0.39 is 15.7 Å². The third-order valence-electron chi connectivity index (χ3n) is 4.66. The van der Waals surface area contributed by atoms with E-state index in [1.165, 1.54) is 0 Å². The lowest BCUT2D eigenvalue weighted by molar-refractivity contribution is -0.116. The molecule has 0 spiro atoms. The minimum Gasteiger partial charge on any atom is -0.486 e. The summed E-state index contributed by atoms with van der Waals surface area (Å²) in [5, 5.41) is 10.2. The van der Waals surface area contributed by atoms with Gasteiger partial charge in [0.1, 0.15) is 13.2 Å². The zero-order chi connectivity index (χ0) is 21.8. The molecule has 0 radical (unpaired) electrons. The fourth-order valence-electron chi connectivity index (χ4n) is 3.03. The number of amides is 1. The molecule has 1 N–H and O–H groups in total. The van der Waals surface area contributed by atoms with Crippen molar-refractivity contribution in [2.24, 2.45) is 0 Å². The monoisotopic (exact) mass is 443 g/mol. The van der Waals surface area contributed by atoms with Gasteiger partial charge < -0.3 is 13.9 Å². The maximum atomic E-state index is 12.4. The molecule has 1 aromatic heterocycles. The average molecular weight is 443 g/mol. The highest BCUT2D eigenvalue weighted by atomic mass is 32.2. The molecule has 9 nitrogen and oxygen atoms in total. The van der Waals surface area contributed by atoms with Gasteiger partial charge in [-0.3, -0.25) is 10.1 Å². The van der Waals surface area contributed by atoms with Gasteiger partial charge in [0, 0.05) is 12.0 Å². The maximum absolute atomic E-state index is 12.4. The number of sulfone groups is 1. The highest BCUT2D eigenvalue weighted by Crippen LogP contribution is 2.34. The Bertz CT molecular complexity index is 1190. The van der Waals surface area contributed by atoms with Crippen LogP contribution in [0.3, 0.4) is 0 Å². The first-order chi connectivity index (χ1) is 14.9. The third-order valence-corrected chi connectivity index (χ3v) is 6.47. The molecule has 0 bridgehead atoms.